The van der Waals surface area contributed by atoms with Gasteiger partial charge in [0.25, 0.3) is 5.91 Å². The average molecular weight is 460 g/mol. The molecular formula is C28H26FNO4. The molecule has 5 nitrogen and oxygen atoms in total. The maximum absolute atomic E-state index is 13.3. The molecule has 0 fully saturated rings. The molecule has 0 radical (unpaired) electrons. The molecule has 1 N–H and O–H groups in total. The zero-order valence-electron chi connectivity index (χ0n) is 19.5. The lowest BCUT2D eigenvalue weighted by Gasteiger charge is -2.19. The third kappa shape index (κ3) is 4.71. The summed E-state index contributed by atoms with van der Waals surface area (Å²) in [6.45, 7) is 7.75. The highest BCUT2D eigenvalue weighted by molar-refractivity contribution is 6.17. The third-order valence-electron chi connectivity index (χ3n) is 5.62. The van der Waals surface area contributed by atoms with Gasteiger partial charge in [-0.2, -0.15) is 0 Å². The molecule has 6 heteroatoms. The predicted molar refractivity (Wildman–Crippen MR) is 130 cm³/mol. The first kappa shape index (κ1) is 23.2. The fraction of sp³-hybridized carbons (Fsp3) is 0.214. The molecular weight excluding hydrogens is 433 g/mol. The van der Waals surface area contributed by atoms with Gasteiger partial charge in [-0.1, -0.05) is 38.1 Å². The summed E-state index contributed by atoms with van der Waals surface area (Å²) in [7, 11) is 0. The highest BCUT2D eigenvalue weighted by Gasteiger charge is 2.26. The summed E-state index contributed by atoms with van der Waals surface area (Å²) in [5, 5.41) is 3.42. The molecule has 0 saturated heterocycles. The zero-order chi connectivity index (χ0) is 24.4. The van der Waals surface area contributed by atoms with E-state index in [2.05, 4.69) is 19.2 Å². The molecule has 174 valence electrons. The van der Waals surface area contributed by atoms with Crippen LogP contribution in [0.1, 0.15) is 53.9 Å². The Kier molecular flexibility index (Phi) is 6.50. The Balaban J connectivity index is 1.65. The number of para-hydroxylation sites is 1. The largest absolute Gasteiger partial charge is 0.481 e. The van der Waals surface area contributed by atoms with E-state index in [1.54, 1.807) is 31.2 Å². The van der Waals surface area contributed by atoms with Crippen LogP contribution in [0.4, 0.5) is 10.1 Å². The monoisotopic (exact) mass is 459 g/mol. The van der Waals surface area contributed by atoms with Crippen LogP contribution in [0.25, 0.3) is 11.0 Å². The molecule has 4 rings (SSSR count). The molecule has 4 aromatic rings. The van der Waals surface area contributed by atoms with Gasteiger partial charge in [0.15, 0.2) is 11.9 Å². The van der Waals surface area contributed by atoms with Gasteiger partial charge in [0.1, 0.15) is 17.1 Å². The van der Waals surface area contributed by atoms with Crippen molar-refractivity contribution in [3.63, 3.8) is 0 Å². The van der Waals surface area contributed by atoms with Gasteiger partial charge in [-0.3, -0.25) is 9.59 Å². The number of halogens is 1. The number of rotatable bonds is 7. The van der Waals surface area contributed by atoms with E-state index < -0.39 is 23.6 Å². The number of carbonyl (C=O) groups is 2. The van der Waals surface area contributed by atoms with Gasteiger partial charge in [-0.15, -0.1) is 0 Å². The number of amides is 1. The number of ether oxygens (including phenoxy) is 1. The van der Waals surface area contributed by atoms with E-state index in [1.807, 2.05) is 25.1 Å². The van der Waals surface area contributed by atoms with E-state index in [0.29, 0.717) is 16.7 Å². The van der Waals surface area contributed by atoms with E-state index in [0.717, 1.165) is 11.1 Å². The zero-order valence-corrected chi connectivity index (χ0v) is 19.5. The van der Waals surface area contributed by atoms with Crippen LogP contribution in [0.15, 0.2) is 71.1 Å². The van der Waals surface area contributed by atoms with E-state index in [4.69, 9.17) is 9.15 Å². The Morgan fingerprint density at radius 3 is 2.38 bits per heavy atom. The van der Waals surface area contributed by atoms with Gasteiger partial charge < -0.3 is 14.5 Å². The number of nitrogens with one attached hydrogen (secondary N) is 1. The first-order valence-corrected chi connectivity index (χ1v) is 11.1. The fourth-order valence-corrected chi connectivity index (χ4v) is 3.75. The van der Waals surface area contributed by atoms with Crippen LogP contribution in [0.5, 0.6) is 5.75 Å². The number of hydrogen-bond donors (Lipinski definition) is 1. The predicted octanol–water partition coefficient (Wildman–Crippen LogP) is 6.64. The van der Waals surface area contributed by atoms with Crippen molar-refractivity contribution in [2.45, 2.75) is 39.7 Å². The van der Waals surface area contributed by atoms with Crippen LogP contribution in [0.3, 0.4) is 0 Å². The molecule has 34 heavy (non-hydrogen) atoms. The Labute approximate surface area is 197 Å². The molecule has 0 bridgehead atoms. The maximum atomic E-state index is 13.3. The molecule has 0 aliphatic carbocycles. The van der Waals surface area contributed by atoms with E-state index in [1.165, 1.54) is 24.3 Å². The Morgan fingerprint density at radius 2 is 1.68 bits per heavy atom. The van der Waals surface area contributed by atoms with Crippen LogP contribution < -0.4 is 10.1 Å². The van der Waals surface area contributed by atoms with Crippen molar-refractivity contribution in [1.29, 1.82) is 0 Å². The van der Waals surface area contributed by atoms with Crippen LogP contribution in [-0.2, 0) is 4.79 Å². The standard InChI is InChI=1S/C28H26FNO4/c1-16(2)21-14-9-17(3)15-24(21)33-18(4)28(32)30-25-22-7-5-6-8-23(22)34-27(25)26(31)19-10-12-20(29)13-11-19/h5-16,18H,1-4H3,(H,30,32)/t18-/m1/s1. The van der Waals surface area contributed by atoms with Crippen molar-refractivity contribution >= 4 is 28.3 Å². The minimum Gasteiger partial charge on any atom is -0.481 e. The summed E-state index contributed by atoms with van der Waals surface area (Å²) in [4.78, 5) is 26.3. The highest BCUT2D eigenvalue weighted by Crippen LogP contribution is 2.33. The van der Waals surface area contributed by atoms with Gasteiger partial charge >= 0.3 is 0 Å². The molecule has 0 aliphatic heterocycles. The average Bonchev–Trinajstić information content (AvgIpc) is 3.17. The summed E-state index contributed by atoms with van der Waals surface area (Å²) < 4.78 is 25.2. The van der Waals surface area contributed by atoms with E-state index >= 15 is 0 Å². The van der Waals surface area contributed by atoms with Crippen LogP contribution in [0.2, 0.25) is 0 Å². The lowest BCUT2D eigenvalue weighted by molar-refractivity contribution is -0.122. The number of hydrogen-bond acceptors (Lipinski definition) is 4. The van der Waals surface area contributed by atoms with Crippen LogP contribution >= 0.6 is 0 Å². The van der Waals surface area contributed by atoms with Crippen LogP contribution in [0, 0.1) is 12.7 Å². The van der Waals surface area contributed by atoms with Crippen molar-refractivity contribution in [3.05, 3.63) is 95.0 Å². The number of benzene rings is 3. The number of ketones is 1. The topological polar surface area (TPSA) is 68.5 Å². The second kappa shape index (κ2) is 9.51. The van der Waals surface area contributed by atoms with Crippen LogP contribution in [-0.4, -0.2) is 17.8 Å². The highest BCUT2D eigenvalue weighted by atomic mass is 19.1. The molecule has 0 unspecified atom stereocenters. The summed E-state index contributed by atoms with van der Waals surface area (Å²) in [6.07, 6.45) is -0.832. The second-order valence-corrected chi connectivity index (χ2v) is 8.58. The quantitative estimate of drug-likeness (QED) is 0.315. The maximum Gasteiger partial charge on any atom is 0.265 e. The van der Waals surface area contributed by atoms with Crippen molar-refractivity contribution in [2.75, 3.05) is 5.32 Å². The SMILES string of the molecule is Cc1ccc(C(C)C)c(O[C@H](C)C(=O)Nc2c(C(=O)c3ccc(F)cc3)oc3ccccc23)c1. The third-order valence-corrected chi connectivity index (χ3v) is 5.62. The molecule has 0 saturated carbocycles. The van der Waals surface area contributed by atoms with Crippen molar-refractivity contribution in [1.82, 2.24) is 0 Å². The summed E-state index contributed by atoms with van der Waals surface area (Å²) >= 11 is 0. The Bertz CT molecular complexity index is 1350. The minimum absolute atomic E-state index is 0.0215. The number of carbonyl (C=O) groups excluding carboxylic acids is 2. The van der Waals surface area contributed by atoms with Gasteiger partial charge in [0, 0.05) is 10.9 Å². The number of furan rings is 1. The summed E-state index contributed by atoms with van der Waals surface area (Å²) in [5.41, 5.74) is 3.00. The van der Waals surface area contributed by atoms with Crippen molar-refractivity contribution < 1.29 is 23.1 Å². The molecule has 1 aromatic heterocycles. The molecule has 1 heterocycles. The van der Waals surface area contributed by atoms with Gasteiger partial charge in [0.05, 0.1) is 5.69 Å². The van der Waals surface area contributed by atoms with E-state index in [-0.39, 0.29) is 22.9 Å². The van der Waals surface area contributed by atoms with Gasteiger partial charge in [-0.25, -0.2) is 4.39 Å². The lowest BCUT2D eigenvalue weighted by Crippen LogP contribution is -2.31. The van der Waals surface area contributed by atoms with Crippen molar-refractivity contribution in [3.8, 4) is 5.75 Å². The molecule has 0 spiro atoms. The molecule has 3 aromatic carbocycles. The number of anilines is 1. The summed E-state index contributed by atoms with van der Waals surface area (Å²) in [5.74, 6) is -0.470. The molecule has 1 amide bonds. The fourth-order valence-electron chi connectivity index (χ4n) is 3.75. The number of fused-ring (bicyclic) bond motifs is 1. The summed E-state index contributed by atoms with van der Waals surface area (Å²) in [6, 6.07) is 18.2. The Hall–Kier alpha value is -3.93. The minimum atomic E-state index is -0.832. The normalized spacial score (nSPS) is 12.1. The molecule has 0 aliphatic rings. The second-order valence-electron chi connectivity index (χ2n) is 8.58. The van der Waals surface area contributed by atoms with Gasteiger partial charge in [0.2, 0.25) is 5.78 Å². The molecule has 1 atom stereocenters. The smallest absolute Gasteiger partial charge is 0.265 e. The van der Waals surface area contributed by atoms with E-state index in [9.17, 15) is 14.0 Å². The Morgan fingerprint density at radius 1 is 0.971 bits per heavy atom. The number of aryl methyl sites for hydroxylation is 1. The van der Waals surface area contributed by atoms with Crippen molar-refractivity contribution in [2.24, 2.45) is 0 Å². The lowest BCUT2D eigenvalue weighted by atomic mass is 10.0. The first-order chi connectivity index (χ1) is 16.2. The van der Waals surface area contributed by atoms with Gasteiger partial charge in [-0.05, 0) is 73.4 Å². The first-order valence-electron chi connectivity index (χ1n) is 11.1.